The Morgan fingerprint density at radius 1 is 0.906 bits per heavy atom. The zero-order chi connectivity index (χ0) is 22.5. The first kappa shape index (κ1) is 21.5. The number of benzene rings is 4. The van der Waals surface area contributed by atoms with Crippen LogP contribution < -0.4 is 0 Å². The minimum Gasteiger partial charge on any atom is -0.507 e. The van der Waals surface area contributed by atoms with Crippen LogP contribution in [0.2, 0.25) is 0 Å². The minimum absolute atomic E-state index is 0.0194. The van der Waals surface area contributed by atoms with Crippen LogP contribution in [0.3, 0.4) is 0 Å². The molecule has 32 heavy (non-hydrogen) atoms. The molecule has 4 aromatic rings. The normalized spacial score (nSPS) is 11.9. The Balaban J connectivity index is 1.51. The third-order valence-corrected chi connectivity index (χ3v) is 6.03. The molecule has 0 bridgehead atoms. The Labute approximate surface area is 188 Å². The second-order valence-corrected chi connectivity index (χ2v) is 8.28. The molecule has 1 unspecified atom stereocenters. The lowest BCUT2D eigenvalue weighted by Gasteiger charge is -2.12. The Bertz CT molecular complexity index is 1260. The highest BCUT2D eigenvalue weighted by Crippen LogP contribution is 2.30. The molecule has 3 nitrogen and oxygen atoms in total. The Hall–Kier alpha value is -3.72. The van der Waals surface area contributed by atoms with Crippen molar-refractivity contribution in [2.45, 2.75) is 26.2 Å². The van der Waals surface area contributed by atoms with Gasteiger partial charge in [-0.05, 0) is 64.9 Å². The molecule has 0 aliphatic carbocycles. The average Bonchev–Trinajstić information content (AvgIpc) is 2.84. The molecular formula is C29H26O3. The summed E-state index contributed by atoms with van der Waals surface area (Å²) in [5.74, 6) is 0.103. The summed E-state index contributed by atoms with van der Waals surface area (Å²) >= 11 is 0. The van der Waals surface area contributed by atoms with Gasteiger partial charge in [0.15, 0.2) is 12.1 Å². The quantitative estimate of drug-likeness (QED) is 0.249. The summed E-state index contributed by atoms with van der Waals surface area (Å²) in [4.78, 5) is 24.4. The molecule has 0 aromatic heterocycles. The lowest BCUT2D eigenvalue weighted by atomic mass is 9.91. The van der Waals surface area contributed by atoms with Crippen LogP contribution in [0, 0.1) is 5.92 Å². The van der Waals surface area contributed by atoms with E-state index in [1.165, 1.54) is 11.6 Å². The molecule has 0 saturated heterocycles. The first-order chi connectivity index (χ1) is 15.6. The molecular weight excluding hydrogens is 396 g/mol. The van der Waals surface area contributed by atoms with E-state index in [-0.39, 0.29) is 17.5 Å². The maximum atomic E-state index is 13.0. The molecule has 3 heteroatoms. The van der Waals surface area contributed by atoms with Crippen molar-refractivity contribution in [3.8, 4) is 16.9 Å². The minimum atomic E-state index is -0.0382. The van der Waals surface area contributed by atoms with E-state index in [1.54, 1.807) is 6.07 Å². The van der Waals surface area contributed by atoms with Gasteiger partial charge >= 0.3 is 0 Å². The molecule has 0 aliphatic rings. The van der Waals surface area contributed by atoms with Gasteiger partial charge in [0.05, 0.1) is 5.56 Å². The van der Waals surface area contributed by atoms with Gasteiger partial charge < -0.3 is 5.11 Å². The first-order valence-corrected chi connectivity index (χ1v) is 11.0. The van der Waals surface area contributed by atoms with Crippen molar-refractivity contribution in [1.82, 2.24) is 0 Å². The lowest BCUT2D eigenvalue weighted by Crippen LogP contribution is -2.11. The number of ketones is 1. The predicted octanol–water partition coefficient (Wildman–Crippen LogP) is 6.87. The van der Waals surface area contributed by atoms with E-state index in [9.17, 15) is 14.7 Å². The molecule has 0 spiro atoms. The van der Waals surface area contributed by atoms with Crippen LogP contribution in [0.25, 0.3) is 21.9 Å². The van der Waals surface area contributed by atoms with Crippen molar-refractivity contribution in [2.75, 3.05) is 0 Å². The largest absolute Gasteiger partial charge is 0.507 e. The van der Waals surface area contributed by atoms with Crippen LogP contribution in [0.1, 0.15) is 46.0 Å². The van der Waals surface area contributed by atoms with Gasteiger partial charge in [-0.2, -0.15) is 0 Å². The SMILES string of the molecule is CC(CCCc1ccccc1)C(=O)c1cccc(-c2ccc3c(C=O)c(O)ccc3c2)c1. The molecule has 0 fully saturated rings. The fourth-order valence-corrected chi connectivity index (χ4v) is 4.17. The summed E-state index contributed by atoms with van der Waals surface area (Å²) in [6, 6.07) is 27.1. The number of hydrogen-bond acceptors (Lipinski definition) is 3. The number of fused-ring (bicyclic) bond motifs is 1. The Morgan fingerprint density at radius 3 is 2.47 bits per heavy atom. The van der Waals surface area contributed by atoms with Gasteiger partial charge in [-0.1, -0.05) is 73.7 Å². The highest BCUT2D eigenvalue weighted by atomic mass is 16.3. The number of carbonyl (C=O) groups excluding carboxylic acids is 2. The van der Waals surface area contributed by atoms with Crippen molar-refractivity contribution in [2.24, 2.45) is 5.92 Å². The standard InChI is InChI=1S/C29H26O3/c1-20(7-5-10-21-8-3-2-4-9-21)29(32)25-12-6-11-22(18-25)23-13-15-26-24(17-23)14-16-28(31)27(26)19-30/h2-4,6,8-9,11-20,31H,5,7,10H2,1H3. The summed E-state index contributed by atoms with van der Waals surface area (Å²) in [5.41, 5.74) is 4.23. The summed E-state index contributed by atoms with van der Waals surface area (Å²) in [5, 5.41) is 11.5. The van der Waals surface area contributed by atoms with Crippen LogP contribution in [-0.2, 0) is 6.42 Å². The third-order valence-electron chi connectivity index (χ3n) is 6.03. The number of phenols is 1. The first-order valence-electron chi connectivity index (χ1n) is 11.0. The zero-order valence-electron chi connectivity index (χ0n) is 18.1. The second kappa shape index (κ2) is 9.61. The molecule has 1 N–H and O–H groups in total. The van der Waals surface area contributed by atoms with Crippen molar-refractivity contribution >= 4 is 22.8 Å². The lowest BCUT2D eigenvalue weighted by molar-refractivity contribution is 0.0922. The topological polar surface area (TPSA) is 54.4 Å². The second-order valence-electron chi connectivity index (χ2n) is 8.28. The number of aldehydes is 1. The number of rotatable bonds is 8. The zero-order valence-corrected chi connectivity index (χ0v) is 18.1. The molecule has 0 heterocycles. The molecule has 1 atom stereocenters. The van der Waals surface area contributed by atoms with Gasteiger partial charge in [-0.3, -0.25) is 9.59 Å². The van der Waals surface area contributed by atoms with Gasteiger partial charge in [-0.15, -0.1) is 0 Å². The maximum Gasteiger partial charge on any atom is 0.165 e. The molecule has 4 rings (SSSR count). The van der Waals surface area contributed by atoms with Gasteiger partial charge in [-0.25, -0.2) is 0 Å². The van der Waals surface area contributed by atoms with E-state index < -0.39 is 0 Å². The number of hydrogen-bond donors (Lipinski definition) is 1. The number of phenolic OH excluding ortho intramolecular Hbond substituents is 1. The molecule has 0 amide bonds. The Morgan fingerprint density at radius 2 is 1.69 bits per heavy atom. The predicted molar refractivity (Wildman–Crippen MR) is 129 cm³/mol. The average molecular weight is 423 g/mol. The van der Waals surface area contributed by atoms with E-state index in [4.69, 9.17) is 0 Å². The Kier molecular flexibility index (Phi) is 6.46. The van der Waals surface area contributed by atoms with Gasteiger partial charge in [0.25, 0.3) is 0 Å². The number of aryl methyl sites for hydroxylation is 1. The summed E-state index contributed by atoms with van der Waals surface area (Å²) in [6.07, 6.45) is 3.49. The fourth-order valence-electron chi connectivity index (χ4n) is 4.17. The number of Topliss-reactive ketones (excluding diaryl/α,β-unsaturated/α-hetero) is 1. The van der Waals surface area contributed by atoms with Gasteiger partial charge in [0, 0.05) is 11.5 Å². The van der Waals surface area contributed by atoms with E-state index in [1.807, 2.05) is 67.6 Å². The van der Waals surface area contributed by atoms with Crippen LogP contribution in [-0.4, -0.2) is 17.2 Å². The van der Waals surface area contributed by atoms with Gasteiger partial charge in [0.2, 0.25) is 0 Å². The third kappa shape index (κ3) is 4.62. The van der Waals surface area contributed by atoms with E-state index in [2.05, 4.69) is 12.1 Å². The summed E-state index contributed by atoms with van der Waals surface area (Å²) in [6.45, 7) is 2.00. The number of aromatic hydroxyl groups is 1. The maximum absolute atomic E-state index is 13.0. The number of carbonyl (C=O) groups is 2. The van der Waals surface area contributed by atoms with E-state index in [0.29, 0.717) is 22.8 Å². The summed E-state index contributed by atoms with van der Waals surface area (Å²) < 4.78 is 0. The monoisotopic (exact) mass is 422 g/mol. The van der Waals surface area contributed by atoms with Crippen molar-refractivity contribution in [3.63, 3.8) is 0 Å². The molecule has 160 valence electrons. The summed E-state index contributed by atoms with van der Waals surface area (Å²) in [7, 11) is 0. The van der Waals surface area contributed by atoms with Crippen LogP contribution in [0.4, 0.5) is 0 Å². The van der Waals surface area contributed by atoms with Crippen LogP contribution >= 0.6 is 0 Å². The molecule has 0 saturated carbocycles. The van der Waals surface area contributed by atoms with Crippen LogP contribution in [0.15, 0.2) is 84.9 Å². The highest BCUT2D eigenvalue weighted by molar-refractivity contribution is 6.02. The van der Waals surface area contributed by atoms with Crippen molar-refractivity contribution in [1.29, 1.82) is 0 Å². The fraction of sp³-hybridized carbons (Fsp3) is 0.172. The molecule has 4 aromatic carbocycles. The van der Waals surface area contributed by atoms with Gasteiger partial charge in [0.1, 0.15) is 5.75 Å². The molecule has 0 radical (unpaired) electrons. The van der Waals surface area contributed by atoms with E-state index in [0.717, 1.165) is 35.8 Å². The van der Waals surface area contributed by atoms with Crippen molar-refractivity contribution in [3.05, 3.63) is 102 Å². The van der Waals surface area contributed by atoms with Crippen LogP contribution in [0.5, 0.6) is 5.75 Å². The smallest absolute Gasteiger partial charge is 0.165 e. The van der Waals surface area contributed by atoms with E-state index >= 15 is 0 Å². The highest BCUT2D eigenvalue weighted by Gasteiger charge is 2.16. The molecule has 0 aliphatic heterocycles. The van der Waals surface area contributed by atoms with Crippen molar-refractivity contribution < 1.29 is 14.7 Å².